The van der Waals surface area contributed by atoms with Crippen LogP contribution in [0.15, 0.2) is 103 Å². The first-order valence-corrected chi connectivity index (χ1v) is 12.7. The zero-order valence-corrected chi connectivity index (χ0v) is 23.3. The molecule has 6 nitrogen and oxygen atoms in total. The van der Waals surface area contributed by atoms with Crippen molar-refractivity contribution in [2.24, 2.45) is 0 Å². The smallest absolute Gasteiger partial charge is 0.335 e. The Hall–Kier alpha value is -4.71. The van der Waals surface area contributed by atoms with Crippen LogP contribution in [-0.4, -0.2) is 36.9 Å². The Morgan fingerprint density at radius 3 is 1.10 bits per heavy atom. The zero-order chi connectivity index (χ0) is 29.2. The number of aromatic carboxylic acids is 1. The van der Waals surface area contributed by atoms with Crippen LogP contribution < -0.4 is 9.47 Å². The lowest BCUT2D eigenvalue weighted by Gasteiger charge is -2.16. The molecule has 1 aliphatic rings. The molecule has 204 valence electrons. The van der Waals surface area contributed by atoms with Gasteiger partial charge in [0, 0.05) is 22.3 Å². The lowest BCUT2D eigenvalue weighted by Crippen LogP contribution is -2.20. The Morgan fingerprint density at radius 2 is 0.821 bits per heavy atom. The predicted molar refractivity (Wildman–Crippen MR) is 155 cm³/mol. The van der Waals surface area contributed by atoms with Crippen molar-refractivity contribution in [1.82, 2.24) is 0 Å². The van der Waals surface area contributed by atoms with Crippen molar-refractivity contribution in [3.8, 4) is 11.5 Å². The summed E-state index contributed by atoms with van der Waals surface area (Å²) >= 11 is 0. The lowest BCUT2D eigenvalue weighted by atomic mass is 9.84. The number of fused-ring (bicyclic) bond motifs is 2. The highest BCUT2D eigenvalue weighted by Gasteiger charge is 2.28. The molecule has 0 bridgehead atoms. The van der Waals surface area contributed by atoms with Crippen LogP contribution >= 0.6 is 0 Å². The molecule has 0 unspecified atom stereocenters. The van der Waals surface area contributed by atoms with Crippen molar-refractivity contribution in [3.05, 3.63) is 131 Å². The fourth-order valence-corrected chi connectivity index (χ4v) is 3.34. The molecule has 0 aromatic heterocycles. The summed E-state index contributed by atoms with van der Waals surface area (Å²) in [6.07, 6.45) is 0. The largest absolute Gasteiger partial charge is 0.497 e. The van der Waals surface area contributed by atoms with Crippen LogP contribution in [0.3, 0.4) is 0 Å². The van der Waals surface area contributed by atoms with E-state index in [2.05, 4.69) is 0 Å². The van der Waals surface area contributed by atoms with Gasteiger partial charge < -0.3 is 14.6 Å². The molecule has 5 rings (SSSR count). The minimum absolute atomic E-state index is 0.0641. The Bertz CT molecular complexity index is 1210. The molecule has 0 heterocycles. The maximum Gasteiger partial charge on any atom is 0.335 e. The third kappa shape index (κ3) is 9.27. The number of ketones is 2. The number of rotatable bonds is 3. The summed E-state index contributed by atoms with van der Waals surface area (Å²) in [7, 11) is 3.20. The molecule has 4 aromatic rings. The normalized spacial score (nSPS) is 10.1. The first-order chi connectivity index (χ1) is 19.0. The van der Waals surface area contributed by atoms with Gasteiger partial charge in [-0.05, 0) is 36.4 Å². The van der Waals surface area contributed by atoms with Crippen molar-refractivity contribution in [3.63, 3.8) is 0 Å². The Balaban J connectivity index is 0.000000290. The van der Waals surface area contributed by atoms with Gasteiger partial charge in [-0.2, -0.15) is 0 Å². The van der Waals surface area contributed by atoms with E-state index >= 15 is 0 Å². The van der Waals surface area contributed by atoms with Gasteiger partial charge in [0.25, 0.3) is 0 Å². The highest BCUT2D eigenvalue weighted by atomic mass is 16.5. The minimum Gasteiger partial charge on any atom is -0.497 e. The number of methoxy groups -OCH3 is 2. The van der Waals surface area contributed by atoms with Gasteiger partial charge >= 0.3 is 5.97 Å². The van der Waals surface area contributed by atoms with Crippen LogP contribution in [0.5, 0.6) is 11.5 Å². The minimum atomic E-state index is -0.923. The highest BCUT2D eigenvalue weighted by Crippen LogP contribution is 2.26. The highest BCUT2D eigenvalue weighted by molar-refractivity contribution is 6.28. The Morgan fingerprint density at radius 1 is 0.513 bits per heavy atom. The van der Waals surface area contributed by atoms with Crippen molar-refractivity contribution in [1.29, 1.82) is 0 Å². The topological polar surface area (TPSA) is 89.9 Å². The molecule has 0 saturated heterocycles. The van der Waals surface area contributed by atoms with E-state index in [1.807, 2.05) is 58.0 Å². The summed E-state index contributed by atoms with van der Waals surface area (Å²) in [5.41, 5.74) is 2.29. The second kappa shape index (κ2) is 17.7. The molecule has 1 aliphatic carbocycles. The van der Waals surface area contributed by atoms with Crippen LogP contribution in [0.2, 0.25) is 0 Å². The molecule has 0 aliphatic heterocycles. The van der Waals surface area contributed by atoms with E-state index < -0.39 is 5.97 Å². The monoisotopic (exact) mass is 528 g/mol. The van der Waals surface area contributed by atoms with Crippen molar-refractivity contribution in [2.75, 3.05) is 14.2 Å². The van der Waals surface area contributed by atoms with E-state index in [-0.39, 0.29) is 17.1 Å². The predicted octanol–water partition coefficient (Wildman–Crippen LogP) is 7.60. The number of para-hydroxylation sites is 1. The van der Waals surface area contributed by atoms with E-state index in [1.165, 1.54) is 19.2 Å². The second-order valence-corrected chi connectivity index (χ2v) is 7.30. The first-order valence-electron chi connectivity index (χ1n) is 12.7. The summed E-state index contributed by atoms with van der Waals surface area (Å²) in [5, 5.41) is 8.51. The van der Waals surface area contributed by atoms with Crippen molar-refractivity contribution < 1.29 is 29.0 Å². The molecule has 6 heteroatoms. The van der Waals surface area contributed by atoms with Gasteiger partial charge in [0.1, 0.15) is 11.5 Å². The van der Waals surface area contributed by atoms with E-state index in [4.69, 9.17) is 14.6 Å². The second-order valence-electron chi connectivity index (χ2n) is 7.30. The first kappa shape index (κ1) is 32.3. The summed E-state index contributed by atoms with van der Waals surface area (Å²) in [6.45, 7) is 8.00. The Labute approximate surface area is 230 Å². The van der Waals surface area contributed by atoms with Gasteiger partial charge in [0.15, 0.2) is 11.6 Å². The molecule has 0 fully saturated rings. The molecule has 0 saturated carbocycles. The fraction of sp³-hybridized carbons (Fsp3) is 0.182. The number of carboxylic acid groups (broad SMARTS) is 1. The van der Waals surface area contributed by atoms with Gasteiger partial charge in [-0.25, -0.2) is 4.79 Å². The van der Waals surface area contributed by atoms with Gasteiger partial charge in [-0.15, -0.1) is 0 Å². The number of hydrogen-bond acceptors (Lipinski definition) is 5. The molecule has 0 amide bonds. The maximum absolute atomic E-state index is 12.1. The molecule has 0 spiro atoms. The number of carboxylic acids is 1. The van der Waals surface area contributed by atoms with E-state index in [0.717, 1.165) is 5.75 Å². The lowest BCUT2D eigenvalue weighted by molar-refractivity contribution is 0.0696. The fourth-order valence-electron chi connectivity index (χ4n) is 3.34. The SMILES string of the molecule is CC.CC.COc1ccc(C(=O)O)cc1.COc1ccccc1.O=C1c2ccccc2C(=O)c2ccccc21. The number of carbonyl (C=O) groups is 3. The Kier molecular flexibility index (Phi) is 14.7. The van der Waals surface area contributed by atoms with Gasteiger partial charge in [0.2, 0.25) is 0 Å². The average molecular weight is 529 g/mol. The summed E-state index contributed by atoms with van der Waals surface area (Å²) in [6, 6.07) is 29.8. The zero-order valence-electron chi connectivity index (χ0n) is 23.3. The van der Waals surface area contributed by atoms with Crippen LogP contribution in [0.1, 0.15) is 69.9 Å². The van der Waals surface area contributed by atoms with Crippen molar-refractivity contribution in [2.45, 2.75) is 27.7 Å². The van der Waals surface area contributed by atoms with E-state index in [0.29, 0.717) is 28.0 Å². The van der Waals surface area contributed by atoms with Crippen LogP contribution in [0.4, 0.5) is 0 Å². The molecular weight excluding hydrogens is 492 g/mol. The number of carbonyl (C=O) groups excluding carboxylic acids is 2. The maximum atomic E-state index is 12.1. The molecule has 4 aromatic carbocycles. The van der Waals surface area contributed by atoms with E-state index in [9.17, 15) is 14.4 Å². The average Bonchev–Trinajstić information content (AvgIpc) is 3.03. The van der Waals surface area contributed by atoms with Crippen LogP contribution in [0.25, 0.3) is 0 Å². The number of ether oxygens (including phenoxy) is 2. The molecule has 0 atom stereocenters. The van der Waals surface area contributed by atoms with Gasteiger partial charge in [-0.3, -0.25) is 9.59 Å². The quantitative estimate of drug-likeness (QED) is 0.259. The summed E-state index contributed by atoms with van der Waals surface area (Å²) in [4.78, 5) is 34.6. The molecule has 0 radical (unpaired) electrons. The molecule has 39 heavy (non-hydrogen) atoms. The number of hydrogen-bond donors (Lipinski definition) is 1. The van der Waals surface area contributed by atoms with Crippen molar-refractivity contribution >= 4 is 17.5 Å². The molecular formula is C33H36O6. The van der Waals surface area contributed by atoms with Gasteiger partial charge in [-0.1, -0.05) is 94.4 Å². The molecule has 1 N–H and O–H groups in total. The van der Waals surface area contributed by atoms with E-state index in [1.54, 1.807) is 67.8 Å². The van der Waals surface area contributed by atoms with Crippen LogP contribution in [-0.2, 0) is 0 Å². The third-order valence-corrected chi connectivity index (χ3v) is 5.15. The van der Waals surface area contributed by atoms with Crippen LogP contribution in [0, 0.1) is 0 Å². The standard InChI is InChI=1S/C14H8O2.C8H8O3.C7H8O.2C2H6/c15-13-9-5-1-2-6-10(9)14(16)12-8-4-3-7-11(12)13;1-11-7-4-2-6(3-5-7)8(9)10;1-8-7-5-3-2-4-6-7;2*1-2/h1-8H;2-5H,1H3,(H,9,10);2-6H,1H3;2*1-2H3. The van der Waals surface area contributed by atoms with Gasteiger partial charge in [0.05, 0.1) is 19.8 Å². The number of benzene rings is 4. The third-order valence-electron chi connectivity index (χ3n) is 5.15. The summed E-state index contributed by atoms with van der Waals surface area (Å²) in [5.74, 6) is 0.520. The summed E-state index contributed by atoms with van der Waals surface area (Å²) < 4.78 is 9.77.